The molecule has 0 radical (unpaired) electrons. The number of hydrogen-bond acceptors (Lipinski definition) is 3. The molecule has 5 nitrogen and oxygen atoms in total. The topological polar surface area (TPSA) is 67.1 Å². The SMILES string of the molecule is O=C(O)C(Cn1ccnc1-c1ccccc1)NC1CC1. The zero-order valence-electron chi connectivity index (χ0n) is 11.1. The molecule has 1 fully saturated rings. The lowest BCUT2D eigenvalue weighted by Gasteiger charge is -2.16. The van der Waals surface area contributed by atoms with E-state index < -0.39 is 12.0 Å². The maximum absolute atomic E-state index is 11.3. The molecular weight excluding hydrogens is 254 g/mol. The molecule has 1 heterocycles. The number of rotatable bonds is 6. The summed E-state index contributed by atoms with van der Waals surface area (Å²) in [4.78, 5) is 15.7. The lowest BCUT2D eigenvalue weighted by Crippen LogP contribution is -2.41. The number of imidazole rings is 1. The molecule has 0 bridgehead atoms. The second kappa shape index (κ2) is 5.46. The largest absolute Gasteiger partial charge is 0.480 e. The molecule has 0 spiro atoms. The van der Waals surface area contributed by atoms with Crippen molar-refractivity contribution >= 4 is 5.97 Å². The Balaban J connectivity index is 1.80. The van der Waals surface area contributed by atoms with Crippen LogP contribution in [0.3, 0.4) is 0 Å². The molecule has 1 aromatic carbocycles. The molecule has 0 saturated heterocycles. The molecule has 104 valence electrons. The van der Waals surface area contributed by atoms with Crippen LogP contribution in [0.25, 0.3) is 11.4 Å². The molecular formula is C15H17N3O2. The summed E-state index contributed by atoms with van der Waals surface area (Å²) >= 11 is 0. The van der Waals surface area contributed by atoms with Gasteiger partial charge in [0, 0.05) is 24.0 Å². The highest BCUT2D eigenvalue weighted by Gasteiger charge is 2.28. The Labute approximate surface area is 117 Å². The molecule has 1 atom stereocenters. The van der Waals surface area contributed by atoms with Crippen molar-refractivity contribution in [3.63, 3.8) is 0 Å². The van der Waals surface area contributed by atoms with Crippen LogP contribution in [-0.4, -0.2) is 32.7 Å². The number of carboxylic acid groups (broad SMARTS) is 1. The number of carboxylic acids is 1. The van der Waals surface area contributed by atoms with Crippen molar-refractivity contribution in [3.05, 3.63) is 42.7 Å². The van der Waals surface area contributed by atoms with Crippen LogP contribution in [0.2, 0.25) is 0 Å². The van der Waals surface area contributed by atoms with Crippen molar-refractivity contribution in [1.29, 1.82) is 0 Å². The maximum Gasteiger partial charge on any atom is 0.322 e. The van der Waals surface area contributed by atoms with Gasteiger partial charge in [0.2, 0.25) is 0 Å². The molecule has 2 aromatic rings. The van der Waals surface area contributed by atoms with E-state index in [1.165, 1.54) is 0 Å². The van der Waals surface area contributed by atoms with Crippen molar-refractivity contribution in [2.75, 3.05) is 0 Å². The third-order valence-electron chi connectivity index (χ3n) is 3.44. The quantitative estimate of drug-likeness (QED) is 0.840. The summed E-state index contributed by atoms with van der Waals surface area (Å²) in [5, 5.41) is 12.5. The molecule has 0 amide bonds. The minimum atomic E-state index is -0.815. The van der Waals surface area contributed by atoms with Crippen molar-refractivity contribution in [2.45, 2.75) is 31.5 Å². The average molecular weight is 271 g/mol. The maximum atomic E-state index is 11.3. The number of hydrogen-bond donors (Lipinski definition) is 2. The molecule has 1 unspecified atom stereocenters. The number of nitrogens with one attached hydrogen (secondary N) is 1. The first-order valence-corrected chi connectivity index (χ1v) is 6.79. The average Bonchev–Trinajstić information content (AvgIpc) is 3.15. The summed E-state index contributed by atoms with van der Waals surface area (Å²) in [5.41, 5.74) is 0.994. The van der Waals surface area contributed by atoms with E-state index in [1.54, 1.807) is 6.20 Å². The predicted molar refractivity (Wildman–Crippen MR) is 75.2 cm³/mol. The molecule has 2 N–H and O–H groups in total. The molecule has 0 aliphatic heterocycles. The van der Waals surface area contributed by atoms with Gasteiger partial charge in [-0.15, -0.1) is 0 Å². The van der Waals surface area contributed by atoms with Gasteiger partial charge in [-0.25, -0.2) is 4.98 Å². The molecule has 1 aliphatic carbocycles. The Hall–Kier alpha value is -2.14. The van der Waals surface area contributed by atoms with Gasteiger partial charge in [-0.05, 0) is 12.8 Å². The Morgan fingerprint density at radius 1 is 1.40 bits per heavy atom. The number of carbonyl (C=O) groups is 1. The summed E-state index contributed by atoms with van der Waals surface area (Å²) in [7, 11) is 0. The van der Waals surface area contributed by atoms with E-state index >= 15 is 0 Å². The smallest absolute Gasteiger partial charge is 0.322 e. The summed E-state index contributed by atoms with van der Waals surface area (Å²) in [6.07, 6.45) is 5.67. The zero-order valence-corrected chi connectivity index (χ0v) is 11.1. The molecule has 1 saturated carbocycles. The highest BCUT2D eigenvalue weighted by atomic mass is 16.4. The van der Waals surface area contributed by atoms with Crippen molar-refractivity contribution in [1.82, 2.24) is 14.9 Å². The predicted octanol–water partition coefficient (Wildman–Crippen LogP) is 1.76. The Bertz CT molecular complexity index is 590. The Morgan fingerprint density at radius 3 is 2.80 bits per heavy atom. The van der Waals surface area contributed by atoms with Crippen LogP contribution in [0.15, 0.2) is 42.7 Å². The first-order valence-electron chi connectivity index (χ1n) is 6.79. The van der Waals surface area contributed by atoms with Crippen LogP contribution in [0.5, 0.6) is 0 Å². The first-order chi connectivity index (χ1) is 9.74. The van der Waals surface area contributed by atoms with Gasteiger partial charge in [0.15, 0.2) is 0 Å². The lowest BCUT2D eigenvalue weighted by atomic mass is 10.2. The highest BCUT2D eigenvalue weighted by molar-refractivity contribution is 5.73. The third-order valence-corrected chi connectivity index (χ3v) is 3.44. The van der Waals surface area contributed by atoms with Gasteiger partial charge in [0.05, 0.1) is 6.54 Å². The fourth-order valence-corrected chi connectivity index (χ4v) is 2.24. The summed E-state index contributed by atoms with van der Waals surface area (Å²) in [5.74, 6) is -0.0148. The van der Waals surface area contributed by atoms with Crippen molar-refractivity contribution in [2.24, 2.45) is 0 Å². The van der Waals surface area contributed by atoms with Gasteiger partial charge < -0.3 is 15.0 Å². The third kappa shape index (κ3) is 2.88. The minimum Gasteiger partial charge on any atom is -0.480 e. The van der Waals surface area contributed by atoms with E-state index in [2.05, 4.69) is 10.3 Å². The van der Waals surface area contributed by atoms with E-state index in [0.29, 0.717) is 12.6 Å². The lowest BCUT2D eigenvalue weighted by molar-refractivity contribution is -0.139. The van der Waals surface area contributed by atoms with Crippen LogP contribution in [0, 0.1) is 0 Å². The van der Waals surface area contributed by atoms with Gasteiger partial charge in [0.1, 0.15) is 11.9 Å². The normalized spacial score (nSPS) is 16.0. The monoisotopic (exact) mass is 271 g/mol. The molecule has 5 heteroatoms. The Morgan fingerprint density at radius 2 is 2.15 bits per heavy atom. The highest BCUT2D eigenvalue weighted by Crippen LogP contribution is 2.21. The van der Waals surface area contributed by atoms with Gasteiger partial charge in [-0.1, -0.05) is 30.3 Å². The number of aromatic nitrogens is 2. The number of nitrogens with zero attached hydrogens (tertiary/aromatic N) is 2. The van der Waals surface area contributed by atoms with E-state index in [0.717, 1.165) is 24.2 Å². The van der Waals surface area contributed by atoms with Crippen LogP contribution >= 0.6 is 0 Å². The zero-order chi connectivity index (χ0) is 13.9. The van der Waals surface area contributed by atoms with E-state index in [1.807, 2.05) is 41.1 Å². The van der Waals surface area contributed by atoms with Crippen molar-refractivity contribution < 1.29 is 9.90 Å². The molecule has 20 heavy (non-hydrogen) atoms. The summed E-state index contributed by atoms with van der Waals surface area (Å²) < 4.78 is 1.89. The van der Waals surface area contributed by atoms with Gasteiger partial charge in [0.25, 0.3) is 0 Å². The van der Waals surface area contributed by atoms with Gasteiger partial charge in [-0.3, -0.25) is 4.79 Å². The standard InChI is InChI=1S/C15H17N3O2/c19-15(20)13(17-12-6-7-12)10-18-9-8-16-14(18)11-4-2-1-3-5-11/h1-5,8-9,12-13,17H,6-7,10H2,(H,19,20). The first kappa shape index (κ1) is 12.9. The van der Waals surface area contributed by atoms with Gasteiger partial charge in [-0.2, -0.15) is 0 Å². The number of benzene rings is 1. The fraction of sp³-hybridized carbons (Fsp3) is 0.333. The molecule has 1 aromatic heterocycles. The van der Waals surface area contributed by atoms with Gasteiger partial charge >= 0.3 is 5.97 Å². The fourth-order valence-electron chi connectivity index (χ4n) is 2.24. The van der Waals surface area contributed by atoms with Crippen LogP contribution in [0.1, 0.15) is 12.8 Å². The summed E-state index contributed by atoms with van der Waals surface area (Å²) in [6.45, 7) is 0.385. The summed E-state index contributed by atoms with van der Waals surface area (Å²) in [6, 6.07) is 9.59. The Kier molecular flexibility index (Phi) is 3.52. The molecule has 1 aliphatic rings. The second-order valence-electron chi connectivity index (χ2n) is 5.10. The van der Waals surface area contributed by atoms with E-state index in [-0.39, 0.29) is 0 Å². The van der Waals surface area contributed by atoms with Crippen LogP contribution in [0.4, 0.5) is 0 Å². The van der Waals surface area contributed by atoms with Crippen LogP contribution < -0.4 is 5.32 Å². The molecule has 3 rings (SSSR count). The van der Waals surface area contributed by atoms with Crippen molar-refractivity contribution in [3.8, 4) is 11.4 Å². The van der Waals surface area contributed by atoms with E-state index in [9.17, 15) is 9.90 Å². The minimum absolute atomic E-state index is 0.361. The number of aliphatic carboxylic acids is 1. The van der Waals surface area contributed by atoms with Crippen LogP contribution in [-0.2, 0) is 11.3 Å². The second-order valence-corrected chi connectivity index (χ2v) is 5.10. The van der Waals surface area contributed by atoms with E-state index in [4.69, 9.17) is 0 Å².